The number of rotatable bonds is 5. The number of methoxy groups -OCH3 is 1. The molecule has 0 aliphatic carbocycles. The second-order valence-electron chi connectivity index (χ2n) is 5.86. The summed E-state index contributed by atoms with van der Waals surface area (Å²) in [6.45, 7) is 3.34. The number of carbonyl (C=O) groups excluding carboxylic acids is 1. The number of ether oxygens (including phenoxy) is 2. The Hall–Kier alpha value is -2.61. The van der Waals surface area contributed by atoms with Crippen LogP contribution in [0.5, 0.6) is 5.75 Å². The Kier molecular flexibility index (Phi) is 5.49. The number of anilines is 1. The van der Waals surface area contributed by atoms with Crippen LogP contribution in [0.1, 0.15) is 24.6 Å². The van der Waals surface area contributed by atoms with E-state index in [9.17, 15) is 4.79 Å². The number of nitrogens with zero attached hydrogens (tertiary/aromatic N) is 3. The van der Waals surface area contributed by atoms with Gasteiger partial charge in [-0.25, -0.2) is 4.79 Å². The summed E-state index contributed by atoms with van der Waals surface area (Å²) in [6.07, 6.45) is 1.63. The highest BCUT2D eigenvalue weighted by Gasteiger charge is 2.24. The summed E-state index contributed by atoms with van der Waals surface area (Å²) in [5, 5.41) is 6.63. The molecule has 8 nitrogen and oxygen atoms in total. The van der Waals surface area contributed by atoms with Crippen molar-refractivity contribution < 1.29 is 18.8 Å². The topological polar surface area (TPSA) is 89.7 Å². The molecule has 3 rings (SSSR count). The van der Waals surface area contributed by atoms with E-state index in [0.29, 0.717) is 42.8 Å². The lowest BCUT2D eigenvalue weighted by atomic mass is 10.1. The SMILES string of the molecule is COc1ccccc1NC(=O)N1CCC(OCc2nc(C)no2)CC1. The fourth-order valence-corrected chi connectivity index (χ4v) is 2.76. The number of para-hydroxylation sites is 2. The minimum Gasteiger partial charge on any atom is -0.495 e. The summed E-state index contributed by atoms with van der Waals surface area (Å²) < 4.78 is 16.1. The highest BCUT2D eigenvalue weighted by molar-refractivity contribution is 5.91. The number of hydrogen-bond acceptors (Lipinski definition) is 6. The molecule has 2 heterocycles. The Bertz CT molecular complexity index is 710. The molecular formula is C17H22N4O4. The molecule has 0 unspecified atom stereocenters. The minimum atomic E-state index is -0.129. The molecular weight excluding hydrogens is 324 g/mol. The van der Waals surface area contributed by atoms with Crippen LogP contribution in [-0.4, -0.2) is 47.4 Å². The monoisotopic (exact) mass is 346 g/mol. The molecule has 1 N–H and O–H groups in total. The molecule has 1 aliphatic rings. The second-order valence-corrected chi connectivity index (χ2v) is 5.86. The maximum atomic E-state index is 12.4. The lowest BCUT2D eigenvalue weighted by Gasteiger charge is -2.31. The Morgan fingerprint density at radius 1 is 1.36 bits per heavy atom. The van der Waals surface area contributed by atoms with Crippen molar-refractivity contribution in [1.29, 1.82) is 0 Å². The summed E-state index contributed by atoms with van der Waals surface area (Å²) in [7, 11) is 1.58. The van der Waals surface area contributed by atoms with Crippen LogP contribution in [0.3, 0.4) is 0 Å². The van der Waals surface area contributed by atoms with Gasteiger partial charge in [0, 0.05) is 13.1 Å². The predicted octanol–water partition coefficient (Wildman–Crippen LogP) is 2.60. The molecule has 2 amide bonds. The number of aryl methyl sites for hydroxylation is 1. The molecule has 1 fully saturated rings. The molecule has 134 valence electrons. The molecule has 0 bridgehead atoms. The molecule has 1 aromatic heterocycles. The van der Waals surface area contributed by atoms with Crippen LogP contribution < -0.4 is 10.1 Å². The molecule has 1 aliphatic heterocycles. The van der Waals surface area contributed by atoms with Gasteiger partial charge in [0.2, 0.25) is 0 Å². The zero-order chi connectivity index (χ0) is 17.6. The smallest absolute Gasteiger partial charge is 0.321 e. The van der Waals surface area contributed by atoms with Crippen molar-refractivity contribution in [3.8, 4) is 5.75 Å². The van der Waals surface area contributed by atoms with Crippen molar-refractivity contribution >= 4 is 11.7 Å². The number of amides is 2. The first-order chi connectivity index (χ1) is 12.2. The zero-order valence-corrected chi connectivity index (χ0v) is 14.4. The van der Waals surface area contributed by atoms with Gasteiger partial charge in [0.15, 0.2) is 5.82 Å². The largest absolute Gasteiger partial charge is 0.495 e. The fraction of sp³-hybridized carbons (Fsp3) is 0.471. The zero-order valence-electron chi connectivity index (χ0n) is 14.4. The van der Waals surface area contributed by atoms with Gasteiger partial charge in [-0.05, 0) is 31.9 Å². The molecule has 25 heavy (non-hydrogen) atoms. The number of likely N-dealkylation sites (tertiary alicyclic amines) is 1. The number of hydrogen-bond donors (Lipinski definition) is 1. The second kappa shape index (κ2) is 7.98. The predicted molar refractivity (Wildman–Crippen MR) is 90.4 cm³/mol. The molecule has 0 atom stereocenters. The molecule has 8 heteroatoms. The van der Waals surface area contributed by atoms with E-state index in [2.05, 4.69) is 15.5 Å². The van der Waals surface area contributed by atoms with Crippen LogP contribution >= 0.6 is 0 Å². The first-order valence-corrected chi connectivity index (χ1v) is 8.25. The Labute approximate surface area is 146 Å². The number of piperidine rings is 1. The van der Waals surface area contributed by atoms with E-state index in [1.54, 1.807) is 18.9 Å². The van der Waals surface area contributed by atoms with E-state index in [1.165, 1.54) is 0 Å². The van der Waals surface area contributed by atoms with Gasteiger partial charge in [0.25, 0.3) is 5.89 Å². The molecule has 2 aromatic rings. The first kappa shape index (κ1) is 17.2. The van der Waals surface area contributed by atoms with Crippen molar-refractivity contribution in [2.45, 2.75) is 32.5 Å². The van der Waals surface area contributed by atoms with E-state index in [-0.39, 0.29) is 12.1 Å². The summed E-state index contributed by atoms with van der Waals surface area (Å²) >= 11 is 0. The summed E-state index contributed by atoms with van der Waals surface area (Å²) in [6, 6.07) is 7.23. The molecule has 0 radical (unpaired) electrons. The average molecular weight is 346 g/mol. The van der Waals surface area contributed by atoms with Crippen LogP contribution in [0.4, 0.5) is 10.5 Å². The lowest BCUT2D eigenvalue weighted by Crippen LogP contribution is -2.43. The van der Waals surface area contributed by atoms with Crippen LogP contribution in [0.25, 0.3) is 0 Å². The van der Waals surface area contributed by atoms with Crippen molar-refractivity contribution in [1.82, 2.24) is 15.0 Å². The maximum absolute atomic E-state index is 12.4. The number of benzene rings is 1. The van der Waals surface area contributed by atoms with Crippen LogP contribution in [-0.2, 0) is 11.3 Å². The standard InChI is InChI=1S/C17H22N4O4/c1-12-18-16(25-20-12)11-24-13-7-9-21(10-8-13)17(22)19-14-5-3-4-6-15(14)23-2/h3-6,13H,7-11H2,1-2H3,(H,19,22). The third kappa shape index (κ3) is 4.48. The van der Waals surface area contributed by atoms with Crippen molar-refractivity contribution in [3.05, 3.63) is 36.0 Å². The summed E-state index contributed by atoms with van der Waals surface area (Å²) in [5.74, 6) is 1.72. The summed E-state index contributed by atoms with van der Waals surface area (Å²) in [4.78, 5) is 18.3. The maximum Gasteiger partial charge on any atom is 0.321 e. The van der Waals surface area contributed by atoms with Crippen LogP contribution in [0.15, 0.2) is 28.8 Å². The van der Waals surface area contributed by atoms with E-state index in [4.69, 9.17) is 14.0 Å². The average Bonchev–Trinajstić information content (AvgIpc) is 3.06. The van der Waals surface area contributed by atoms with E-state index < -0.39 is 0 Å². The first-order valence-electron chi connectivity index (χ1n) is 8.25. The normalized spacial score (nSPS) is 15.2. The number of carbonyl (C=O) groups is 1. The van der Waals surface area contributed by atoms with Crippen molar-refractivity contribution in [3.63, 3.8) is 0 Å². The van der Waals surface area contributed by atoms with Crippen molar-refractivity contribution in [2.75, 3.05) is 25.5 Å². The number of nitrogens with one attached hydrogen (secondary N) is 1. The molecule has 0 spiro atoms. The molecule has 0 saturated carbocycles. The lowest BCUT2D eigenvalue weighted by molar-refractivity contribution is -0.00532. The van der Waals surface area contributed by atoms with Gasteiger partial charge in [-0.2, -0.15) is 4.98 Å². The third-order valence-corrected chi connectivity index (χ3v) is 4.09. The third-order valence-electron chi connectivity index (χ3n) is 4.09. The van der Waals surface area contributed by atoms with Crippen LogP contribution in [0, 0.1) is 6.92 Å². The van der Waals surface area contributed by atoms with E-state index in [0.717, 1.165) is 12.8 Å². The Morgan fingerprint density at radius 3 is 2.80 bits per heavy atom. The van der Waals surface area contributed by atoms with Crippen molar-refractivity contribution in [2.24, 2.45) is 0 Å². The Balaban J connectivity index is 1.46. The van der Waals surface area contributed by atoms with Gasteiger partial charge < -0.3 is 24.2 Å². The van der Waals surface area contributed by atoms with Gasteiger partial charge in [0.1, 0.15) is 12.4 Å². The minimum absolute atomic E-state index is 0.0857. The highest BCUT2D eigenvalue weighted by atomic mass is 16.5. The number of aromatic nitrogens is 2. The number of urea groups is 1. The van der Waals surface area contributed by atoms with Gasteiger partial charge in [0.05, 0.1) is 18.9 Å². The highest BCUT2D eigenvalue weighted by Crippen LogP contribution is 2.24. The van der Waals surface area contributed by atoms with Gasteiger partial charge in [-0.1, -0.05) is 17.3 Å². The Morgan fingerprint density at radius 2 is 2.12 bits per heavy atom. The molecule has 1 saturated heterocycles. The molecule has 1 aromatic carbocycles. The van der Waals surface area contributed by atoms with E-state index >= 15 is 0 Å². The van der Waals surface area contributed by atoms with Gasteiger partial charge in [-0.3, -0.25) is 0 Å². The summed E-state index contributed by atoms with van der Waals surface area (Å²) in [5.41, 5.74) is 0.667. The van der Waals surface area contributed by atoms with Gasteiger partial charge >= 0.3 is 6.03 Å². The van der Waals surface area contributed by atoms with Gasteiger partial charge in [-0.15, -0.1) is 0 Å². The van der Waals surface area contributed by atoms with Crippen LogP contribution in [0.2, 0.25) is 0 Å². The fourth-order valence-electron chi connectivity index (χ4n) is 2.76. The quantitative estimate of drug-likeness (QED) is 0.895. The van der Waals surface area contributed by atoms with E-state index in [1.807, 2.05) is 24.3 Å².